The smallest absolute Gasteiger partial charge is 0.320 e. The first kappa shape index (κ1) is 9.15. The Bertz CT molecular complexity index is 326. The number of carboxylic acid groups (broad SMARTS) is 1. The van der Waals surface area contributed by atoms with E-state index in [1.807, 2.05) is 18.2 Å². The van der Waals surface area contributed by atoms with Crippen LogP contribution in [0.25, 0.3) is 0 Å². The summed E-state index contributed by atoms with van der Waals surface area (Å²) in [6, 6.07) is 5.31. The second-order valence-electron chi connectivity index (χ2n) is 3.49. The number of aliphatic carboxylic acids is 1. The highest BCUT2D eigenvalue weighted by atomic mass is 16.4. The summed E-state index contributed by atoms with van der Waals surface area (Å²) in [5.74, 6) is -0.541. The fraction of sp³-hybridized carbons (Fsp3) is 0.400. The molecule has 0 bridgehead atoms. The number of nitrogens with zero attached hydrogens (tertiary/aromatic N) is 1. The van der Waals surface area contributed by atoms with Gasteiger partial charge in [-0.2, -0.15) is 0 Å². The number of carbonyl (C=O) groups is 1. The lowest BCUT2D eigenvalue weighted by Crippen LogP contribution is -2.29. The molecule has 4 nitrogen and oxygen atoms in total. The summed E-state index contributed by atoms with van der Waals surface area (Å²) in [6.07, 6.45) is 2.37. The van der Waals surface area contributed by atoms with Crippen molar-refractivity contribution in [1.82, 2.24) is 10.3 Å². The third kappa shape index (κ3) is 1.75. The number of rotatable bonds is 2. The molecule has 1 unspecified atom stereocenters. The Labute approximate surface area is 82.0 Å². The molecule has 4 heteroatoms. The summed E-state index contributed by atoms with van der Waals surface area (Å²) in [5.41, 5.74) is 0.976. The number of pyridine rings is 1. The van der Waals surface area contributed by atoms with Crippen LogP contribution in [0.5, 0.6) is 0 Å². The predicted molar refractivity (Wildman–Crippen MR) is 51.0 cm³/mol. The Hall–Kier alpha value is -1.42. The van der Waals surface area contributed by atoms with Crippen LogP contribution >= 0.6 is 0 Å². The molecule has 0 saturated carbocycles. The van der Waals surface area contributed by atoms with E-state index in [4.69, 9.17) is 5.11 Å². The summed E-state index contributed by atoms with van der Waals surface area (Å²) in [6.45, 7) is 0.702. The van der Waals surface area contributed by atoms with Gasteiger partial charge in [0.15, 0.2) is 0 Å². The minimum absolute atomic E-state index is 0.234. The zero-order chi connectivity index (χ0) is 9.97. The van der Waals surface area contributed by atoms with Crippen LogP contribution in [-0.2, 0) is 4.79 Å². The molecule has 0 amide bonds. The molecular weight excluding hydrogens is 180 g/mol. The van der Waals surface area contributed by atoms with Gasteiger partial charge >= 0.3 is 5.97 Å². The number of carboxylic acids is 1. The zero-order valence-electron chi connectivity index (χ0n) is 7.68. The van der Waals surface area contributed by atoms with Gasteiger partial charge in [0.25, 0.3) is 0 Å². The lowest BCUT2D eigenvalue weighted by atomic mass is 10.0. The van der Waals surface area contributed by atoms with E-state index >= 15 is 0 Å². The van der Waals surface area contributed by atoms with Gasteiger partial charge in [-0.3, -0.25) is 9.78 Å². The molecule has 0 aliphatic carbocycles. The average molecular weight is 192 g/mol. The first-order chi connectivity index (χ1) is 6.77. The number of nitrogens with one attached hydrogen (secondary N) is 1. The molecule has 2 N–H and O–H groups in total. The normalized spacial score (nSPS) is 26.3. The minimum atomic E-state index is -0.775. The summed E-state index contributed by atoms with van der Waals surface area (Å²) >= 11 is 0. The largest absolute Gasteiger partial charge is 0.480 e. The van der Waals surface area contributed by atoms with Crippen molar-refractivity contribution in [2.75, 3.05) is 6.54 Å². The molecule has 1 fully saturated rings. The van der Waals surface area contributed by atoms with Gasteiger partial charge in [0.05, 0.1) is 0 Å². The van der Waals surface area contributed by atoms with E-state index in [1.54, 1.807) is 6.20 Å². The maximum absolute atomic E-state index is 10.7. The lowest BCUT2D eigenvalue weighted by Gasteiger charge is -2.06. The number of aromatic nitrogens is 1. The van der Waals surface area contributed by atoms with Crippen molar-refractivity contribution in [3.05, 3.63) is 30.1 Å². The summed E-state index contributed by atoms with van der Waals surface area (Å²) in [7, 11) is 0. The monoisotopic (exact) mass is 192 g/mol. The summed E-state index contributed by atoms with van der Waals surface area (Å²) in [5, 5.41) is 11.8. The van der Waals surface area contributed by atoms with Gasteiger partial charge in [0.1, 0.15) is 6.04 Å². The molecule has 0 spiro atoms. The van der Waals surface area contributed by atoms with E-state index in [0.717, 1.165) is 5.69 Å². The van der Waals surface area contributed by atoms with Crippen LogP contribution in [-0.4, -0.2) is 28.6 Å². The van der Waals surface area contributed by atoms with Crippen molar-refractivity contribution in [1.29, 1.82) is 0 Å². The molecule has 2 rings (SSSR count). The van der Waals surface area contributed by atoms with Crippen molar-refractivity contribution in [2.24, 2.45) is 0 Å². The molecule has 1 saturated heterocycles. The van der Waals surface area contributed by atoms with E-state index < -0.39 is 12.0 Å². The maximum Gasteiger partial charge on any atom is 0.320 e. The van der Waals surface area contributed by atoms with Gasteiger partial charge in [0.2, 0.25) is 0 Å². The highest BCUT2D eigenvalue weighted by Crippen LogP contribution is 2.23. The van der Waals surface area contributed by atoms with Crippen molar-refractivity contribution in [3.8, 4) is 0 Å². The molecule has 0 radical (unpaired) electrons. The summed E-state index contributed by atoms with van der Waals surface area (Å²) in [4.78, 5) is 14.9. The minimum Gasteiger partial charge on any atom is -0.480 e. The Morgan fingerprint density at radius 2 is 2.43 bits per heavy atom. The van der Waals surface area contributed by atoms with Crippen molar-refractivity contribution < 1.29 is 9.90 Å². The van der Waals surface area contributed by atoms with Crippen LogP contribution in [0.15, 0.2) is 24.4 Å². The predicted octanol–water partition coefficient (Wildman–Crippen LogP) is 0.612. The first-order valence-electron chi connectivity index (χ1n) is 4.64. The third-order valence-corrected chi connectivity index (χ3v) is 2.54. The van der Waals surface area contributed by atoms with Crippen molar-refractivity contribution >= 4 is 5.97 Å². The molecule has 2 heterocycles. The van der Waals surface area contributed by atoms with Crippen molar-refractivity contribution in [3.63, 3.8) is 0 Å². The Balaban J connectivity index is 2.06. The second kappa shape index (κ2) is 3.75. The van der Waals surface area contributed by atoms with E-state index in [0.29, 0.717) is 13.0 Å². The van der Waals surface area contributed by atoms with E-state index in [-0.39, 0.29) is 5.92 Å². The van der Waals surface area contributed by atoms with Gasteiger partial charge in [-0.05, 0) is 18.6 Å². The van der Waals surface area contributed by atoms with Crippen LogP contribution < -0.4 is 5.32 Å². The quantitative estimate of drug-likeness (QED) is 0.720. The van der Waals surface area contributed by atoms with Gasteiger partial charge < -0.3 is 10.4 Å². The molecule has 1 aliphatic heterocycles. The SMILES string of the molecule is O=C(O)[C@@H]1CC(c2ccccn2)CN1. The van der Waals surface area contributed by atoms with Gasteiger partial charge in [-0.25, -0.2) is 0 Å². The molecule has 1 aromatic rings. The molecule has 2 atom stereocenters. The number of hydrogen-bond acceptors (Lipinski definition) is 3. The van der Waals surface area contributed by atoms with Gasteiger partial charge in [0, 0.05) is 24.4 Å². The Morgan fingerprint density at radius 3 is 3.00 bits per heavy atom. The summed E-state index contributed by atoms with van der Waals surface area (Å²) < 4.78 is 0. The fourth-order valence-electron chi connectivity index (χ4n) is 1.77. The first-order valence-corrected chi connectivity index (χ1v) is 4.64. The van der Waals surface area contributed by atoms with Gasteiger partial charge in [-0.15, -0.1) is 0 Å². The van der Waals surface area contributed by atoms with E-state index in [1.165, 1.54) is 0 Å². The highest BCUT2D eigenvalue weighted by Gasteiger charge is 2.30. The topological polar surface area (TPSA) is 62.2 Å². The number of hydrogen-bond donors (Lipinski definition) is 2. The zero-order valence-corrected chi connectivity index (χ0v) is 7.68. The Kier molecular flexibility index (Phi) is 2.45. The molecule has 1 aromatic heterocycles. The Morgan fingerprint density at radius 1 is 1.57 bits per heavy atom. The molecule has 14 heavy (non-hydrogen) atoms. The second-order valence-corrected chi connectivity index (χ2v) is 3.49. The van der Waals surface area contributed by atoms with Crippen LogP contribution in [0.2, 0.25) is 0 Å². The lowest BCUT2D eigenvalue weighted by molar-refractivity contribution is -0.139. The van der Waals surface area contributed by atoms with E-state index in [9.17, 15) is 4.79 Å². The highest BCUT2D eigenvalue weighted by molar-refractivity contribution is 5.74. The maximum atomic E-state index is 10.7. The van der Waals surface area contributed by atoms with Crippen LogP contribution in [0.4, 0.5) is 0 Å². The van der Waals surface area contributed by atoms with Crippen LogP contribution in [0.3, 0.4) is 0 Å². The van der Waals surface area contributed by atoms with Crippen LogP contribution in [0.1, 0.15) is 18.0 Å². The molecular formula is C10H12N2O2. The molecule has 1 aliphatic rings. The molecule has 74 valence electrons. The fourth-order valence-corrected chi connectivity index (χ4v) is 1.77. The molecule has 0 aromatic carbocycles. The van der Waals surface area contributed by atoms with Gasteiger partial charge in [-0.1, -0.05) is 6.07 Å². The average Bonchev–Trinajstić information content (AvgIpc) is 2.68. The van der Waals surface area contributed by atoms with E-state index in [2.05, 4.69) is 10.3 Å². The third-order valence-electron chi connectivity index (χ3n) is 2.54. The van der Waals surface area contributed by atoms with Crippen LogP contribution in [0, 0.1) is 0 Å². The van der Waals surface area contributed by atoms with Crippen molar-refractivity contribution in [2.45, 2.75) is 18.4 Å². The standard InChI is InChI=1S/C10H12N2O2/c13-10(14)9-5-7(6-12-9)8-3-1-2-4-11-8/h1-4,7,9,12H,5-6H2,(H,13,14)/t7?,9-/m0/s1.